The monoisotopic (exact) mass is 287 g/mol. The zero-order valence-electron chi connectivity index (χ0n) is 11.1. The predicted molar refractivity (Wildman–Crippen MR) is 71.1 cm³/mol. The van der Waals surface area contributed by atoms with Crippen LogP contribution in [0.25, 0.3) is 0 Å². The number of carbonyl (C=O) groups is 1. The van der Waals surface area contributed by atoms with Crippen molar-refractivity contribution < 1.29 is 23.1 Å². The lowest BCUT2D eigenvalue weighted by Crippen LogP contribution is -2.21. The van der Waals surface area contributed by atoms with Gasteiger partial charge in [-0.25, -0.2) is 4.79 Å². The van der Waals surface area contributed by atoms with Crippen molar-refractivity contribution >= 4 is 11.7 Å². The first-order chi connectivity index (χ1) is 9.27. The highest BCUT2D eigenvalue weighted by Gasteiger charge is 2.32. The van der Waals surface area contributed by atoms with Crippen molar-refractivity contribution in [3.8, 4) is 0 Å². The Hall–Kier alpha value is -1.98. The number of aromatic carboxylic acids is 1. The van der Waals surface area contributed by atoms with E-state index in [1.807, 2.05) is 0 Å². The van der Waals surface area contributed by atoms with Gasteiger partial charge in [-0.05, 0) is 31.0 Å². The first kappa shape index (κ1) is 16.1. The number of anilines is 1. The molecule has 0 aliphatic carbocycles. The second-order valence-electron chi connectivity index (χ2n) is 4.39. The van der Waals surface area contributed by atoms with E-state index in [4.69, 9.17) is 5.11 Å². The predicted octanol–water partition coefficient (Wildman–Crippen LogP) is 3.81. The summed E-state index contributed by atoms with van der Waals surface area (Å²) in [6.45, 7) is 4.12. The molecule has 3 nitrogen and oxygen atoms in total. The van der Waals surface area contributed by atoms with Crippen LogP contribution in [-0.2, 0) is 6.18 Å². The summed E-state index contributed by atoms with van der Waals surface area (Å²) in [5, 5.41) is 9.07. The van der Waals surface area contributed by atoms with E-state index in [1.54, 1.807) is 18.0 Å². The van der Waals surface area contributed by atoms with E-state index in [2.05, 4.69) is 6.58 Å². The molecule has 0 aromatic heterocycles. The van der Waals surface area contributed by atoms with Crippen molar-refractivity contribution in [2.75, 3.05) is 18.5 Å². The highest BCUT2D eigenvalue weighted by molar-refractivity contribution is 5.94. The smallest absolute Gasteiger partial charge is 0.416 e. The van der Waals surface area contributed by atoms with Crippen LogP contribution in [0.1, 0.15) is 28.8 Å². The van der Waals surface area contributed by atoms with Crippen LogP contribution in [0.3, 0.4) is 0 Å². The third-order valence-electron chi connectivity index (χ3n) is 2.87. The average Bonchev–Trinajstić information content (AvgIpc) is 2.37. The lowest BCUT2D eigenvalue weighted by molar-refractivity contribution is -0.137. The Morgan fingerprint density at radius 3 is 2.60 bits per heavy atom. The minimum atomic E-state index is -4.55. The van der Waals surface area contributed by atoms with Crippen molar-refractivity contribution in [1.82, 2.24) is 0 Å². The molecule has 0 aliphatic heterocycles. The van der Waals surface area contributed by atoms with Gasteiger partial charge in [-0.3, -0.25) is 0 Å². The van der Waals surface area contributed by atoms with Crippen molar-refractivity contribution in [2.45, 2.75) is 19.0 Å². The molecule has 0 saturated heterocycles. The van der Waals surface area contributed by atoms with Crippen molar-refractivity contribution in [1.29, 1.82) is 0 Å². The molecule has 1 rings (SSSR count). The van der Waals surface area contributed by atoms with E-state index < -0.39 is 17.7 Å². The maximum Gasteiger partial charge on any atom is 0.416 e. The number of hydrogen-bond donors (Lipinski definition) is 1. The molecule has 6 heteroatoms. The van der Waals surface area contributed by atoms with Gasteiger partial charge in [-0.1, -0.05) is 6.08 Å². The zero-order valence-corrected chi connectivity index (χ0v) is 11.1. The van der Waals surface area contributed by atoms with E-state index >= 15 is 0 Å². The van der Waals surface area contributed by atoms with Crippen LogP contribution in [0, 0.1) is 0 Å². The zero-order chi connectivity index (χ0) is 15.3. The maximum absolute atomic E-state index is 12.6. The molecule has 0 atom stereocenters. The second kappa shape index (κ2) is 6.45. The van der Waals surface area contributed by atoms with Crippen molar-refractivity contribution in [3.05, 3.63) is 42.0 Å². The van der Waals surface area contributed by atoms with Crippen molar-refractivity contribution in [2.24, 2.45) is 0 Å². The molecule has 1 aromatic carbocycles. The molecule has 0 aliphatic rings. The van der Waals surface area contributed by atoms with Gasteiger partial charge in [0.05, 0.1) is 16.8 Å². The van der Waals surface area contributed by atoms with Crippen molar-refractivity contribution in [3.63, 3.8) is 0 Å². The number of benzene rings is 1. The third-order valence-corrected chi connectivity index (χ3v) is 2.87. The molecule has 0 amide bonds. The normalized spacial score (nSPS) is 11.2. The maximum atomic E-state index is 12.6. The summed E-state index contributed by atoms with van der Waals surface area (Å²) in [6, 6.07) is 2.76. The fourth-order valence-electron chi connectivity index (χ4n) is 1.81. The van der Waals surface area contributed by atoms with Gasteiger partial charge in [0.15, 0.2) is 0 Å². The van der Waals surface area contributed by atoms with Crippen LogP contribution in [-0.4, -0.2) is 24.7 Å². The Labute approximate surface area is 115 Å². The summed E-state index contributed by atoms with van der Waals surface area (Å²) in [4.78, 5) is 12.8. The van der Waals surface area contributed by atoms with Gasteiger partial charge in [0.1, 0.15) is 0 Å². The van der Waals surface area contributed by atoms with Gasteiger partial charge in [0.2, 0.25) is 0 Å². The first-order valence-electron chi connectivity index (χ1n) is 6.04. The number of hydrogen-bond acceptors (Lipinski definition) is 2. The molecule has 0 fully saturated rings. The Balaban J connectivity index is 3.07. The quantitative estimate of drug-likeness (QED) is 0.639. The molecular weight excluding hydrogens is 271 g/mol. The number of carboxylic acids is 1. The number of allylic oxidation sites excluding steroid dienone is 1. The molecule has 0 radical (unpaired) electrons. The number of halogens is 3. The summed E-state index contributed by atoms with van der Waals surface area (Å²) < 4.78 is 37.8. The van der Waals surface area contributed by atoms with E-state index in [9.17, 15) is 18.0 Å². The topological polar surface area (TPSA) is 40.5 Å². The number of carboxylic acid groups (broad SMARTS) is 1. The molecule has 0 heterocycles. The highest BCUT2D eigenvalue weighted by Crippen LogP contribution is 2.32. The van der Waals surface area contributed by atoms with Gasteiger partial charge < -0.3 is 10.0 Å². The molecule has 0 unspecified atom stereocenters. The average molecular weight is 287 g/mol. The molecular formula is C14H16F3NO2. The molecule has 0 bridgehead atoms. The van der Waals surface area contributed by atoms with Crippen LogP contribution in [0.2, 0.25) is 0 Å². The largest absolute Gasteiger partial charge is 0.478 e. The van der Waals surface area contributed by atoms with E-state index in [0.717, 1.165) is 18.9 Å². The molecule has 1 aromatic rings. The summed E-state index contributed by atoms with van der Waals surface area (Å²) in [5.74, 6) is -1.37. The molecule has 0 spiro atoms. The van der Waals surface area contributed by atoms with E-state index in [0.29, 0.717) is 12.6 Å². The first-order valence-corrected chi connectivity index (χ1v) is 6.04. The van der Waals surface area contributed by atoms with Gasteiger partial charge in [-0.15, -0.1) is 6.58 Å². The fourth-order valence-corrected chi connectivity index (χ4v) is 1.81. The van der Waals surface area contributed by atoms with Gasteiger partial charge in [-0.2, -0.15) is 13.2 Å². The Morgan fingerprint density at radius 1 is 1.45 bits per heavy atom. The lowest BCUT2D eigenvalue weighted by Gasteiger charge is -2.22. The summed E-state index contributed by atoms with van der Waals surface area (Å²) in [7, 11) is 1.65. The standard InChI is InChI=1S/C14H16F3NO2/c1-3-4-5-8-18(2)12-7-6-10(14(15,16)17)9-11(12)13(19)20/h3,6-7,9H,1,4-5,8H2,2H3,(H,19,20). The lowest BCUT2D eigenvalue weighted by atomic mass is 10.1. The molecule has 1 N–H and O–H groups in total. The molecule has 20 heavy (non-hydrogen) atoms. The second-order valence-corrected chi connectivity index (χ2v) is 4.39. The van der Waals surface area contributed by atoms with Crippen LogP contribution in [0.15, 0.2) is 30.9 Å². The van der Waals surface area contributed by atoms with Gasteiger partial charge in [0.25, 0.3) is 0 Å². The fraction of sp³-hybridized carbons (Fsp3) is 0.357. The van der Waals surface area contributed by atoms with E-state index in [1.165, 1.54) is 6.07 Å². The summed E-state index contributed by atoms with van der Waals surface area (Å²) in [5.41, 5.74) is -1.03. The summed E-state index contributed by atoms with van der Waals surface area (Å²) >= 11 is 0. The molecule has 110 valence electrons. The Bertz CT molecular complexity index is 498. The van der Waals surface area contributed by atoms with E-state index in [-0.39, 0.29) is 11.3 Å². The van der Waals surface area contributed by atoms with Crippen LogP contribution >= 0.6 is 0 Å². The van der Waals surface area contributed by atoms with Gasteiger partial charge in [0, 0.05) is 13.6 Å². The Morgan fingerprint density at radius 2 is 2.10 bits per heavy atom. The van der Waals surface area contributed by atoms with Crippen LogP contribution in [0.4, 0.5) is 18.9 Å². The number of rotatable bonds is 6. The third kappa shape index (κ3) is 4.01. The summed E-state index contributed by atoms with van der Waals surface area (Å²) in [6.07, 6.45) is -1.31. The SMILES string of the molecule is C=CCCCN(C)c1ccc(C(F)(F)F)cc1C(=O)O. The molecule has 0 saturated carbocycles. The minimum absolute atomic E-state index is 0.273. The Kier molecular flexibility index (Phi) is 5.19. The number of unbranched alkanes of at least 4 members (excludes halogenated alkanes) is 1. The minimum Gasteiger partial charge on any atom is -0.478 e. The highest BCUT2D eigenvalue weighted by atomic mass is 19.4. The van der Waals surface area contributed by atoms with Crippen LogP contribution < -0.4 is 4.90 Å². The number of alkyl halides is 3. The van der Waals surface area contributed by atoms with Gasteiger partial charge >= 0.3 is 12.1 Å². The van der Waals surface area contributed by atoms with Crippen LogP contribution in [0.5, 0.6) is 0 Å². The number of nitrogens with zero attached hydrogens (tertiary/aromatic N) is 1.